The predicted octanol–water partition coefficient (Wildman–Crippen LogP) is 6.02. The molecule has 3 rings (SSSR count). The summed E-state index contributed by atoms with van der Waals surface area (Å²) in [6.45, 7) is 25.7. The van der Waals surface area contributed by atoms with Gasteiger partial charge in [-0.3, -0.25) is 0 Å². The van der Waals surface area contributed by atoms with Crippen LogP contribution in [0, 0.1) is 0 Å². The van der Waals surface area contributed by atoms with Gasteiger partial charge in [0, 0.05) is 0 Å². The van der Waals surface area contributed by atoms with Crippen molar-refractivity contribution in [2.75, 3.05) is 6.61 Å². The molecule has 0 saturated carbocycles. The van der Waals surface area contributed by atoms with Crippen molar-refractivity contribution in [3.05, 3.63) is 73.3 Å². The fourth-order valence-electron chi connectivity index (χ4n) is 5.20. The van der Waals surface area contributed by atoms with E-state index in [0.717, 1.165) is 0 Å². The third-order valence-corrected chi connectivity index (χ3v) is 17.7. The molecule has 2 aromatic rings. The van der Waals surface area contributed by atoms with Gasteiger partial charge in [0.2, 0.25) is 0 Å². The Kier molecular flexibility index (Phi) is 9.60. The van der Waals surface area contributed by atoms with E-state index in [9.17, 15) is 5.11 Å². The maximum absolute atomic E-state index is 11.7. The van der Waals surface area contributed by atoms with E-state index in [2.05, 4.69) is 110 Å². The largest absolute Gasteiger partial charge is 0.408 e. The van der Waals surface area contributed by atoms with Gasteiger partial charge in [-0.05, 0) is 47.4 Å². The highest BCUT2D eigenvalue weighted by atomic mass is 28.4. The van der Waals surface area contributed by atoms with Crippen LogP contribution in [0.4, 0.5) is 0 Å². The molecule has 5 nitrogen and oxygen atoms in total. The van der Waals surface area contributed by atoms with Gasteiger partial charge in [-0.2, -0.15) is 0 Å². The van der Waals surface area contributed by atoms with E-state index in [0.29, 0.717) is 0 Å². The second-order valence-corrected chi connectivity index (χ2v) is 22.7. The highest BCUT2D eigenvalue weighted by Crippen LogP contribution is 2.41. The van der Waals surface area contributed by atoms with Crippen LogP contribution in [0.5, 0.6) is 0 Å². The summed E-state index contributed by atoms with van der Waals surface area (Å²) in [5, 5.41) is 13.8. The second-order valence-electron chi connectivity index (χ2n) is 13.7. The summed E-state index contributed by atoms with van der Waals surface area (Å²) in [7, 11) is -4.96. The summed E-state index contributed by atoms with van der Waals surface area (Å²) in [6.07, 6.45) is -0.696. The van der Waals surface area contributed by atoms with Crippen LogP contribution in [0.25, 0.3) is 0 Å². The van der Waals surface area contributed by atoms with Gasteiger partial charge in [0.1, 0.15) is 18.3 Å². The Hall–Kier alpha value is -1.59. The highest BCUT2D eigenvalue weighted by Gasteiger charge is 2.53. The Balaban J connectivity index is 1.95. The Morgan fingerprint density at radius 1 is 0.872 bits per heavy atom. The molecule has 7 heteroatoms. The standard InChI is InChI=1S/C32H50O5Si2/c1-12-27(37-38(10,11)30(2,3)4)29-28(35-32(8,9)36-29)26(33)23-34-39(31(5,6)7,24-19-15-13-16-20-24)25-21-17-14-18-22-25/h12-22,26-29,33H,1,23H2,2-11H3/t26-,27-,28-,29+/m1/s1. The van der Waals surface area contributed by atoms with Gasteiger partial charge < -0.3 is 23.4 Å². The predicted molar refractivity (Wildman–Crippen MR) is 166 cm³/mol. The number of benzene rings is 2. The number of hydrogen-bond donors (Lipinski definition) is 1. The van der Waals surface area contributed by atoms with Crippen LogP contribution in [-0.2, 0) is 18.3 Å². The SMILES string of the molecule is C=C[C@@H](O[Si](C)(C)C(C)(C)C)[C@@H]1OC(C)(C)O[C@@H]1[C@H](O)CO[Si](c1ccccc1)(c1ccccc1)C(C)(C)C. The quantitative estimate of drug-likeness (QED) is 0.280. The zero-order chi connectivity index (χ0) is 29.3. The summed E-state index contributed by atoms with van der Waals surface area (Å²) >= 11 is 0. The fraction of sp³-hybridized carbons (Fsp3) is 0.562. The molecule has 1 heterocycles. The van der Waals surface area contributed by atoms with Crippen LogP contribution < -0.4 is 10.4 Å². The lowest BCUT2D eigenvalue weighted by atomic mass is 10.0. The molecule has 0 spiro atoms. The van der Waals surface area contributed by atoms with Crippen LogP contribution in [0.3, 0.4) is 0 Å². The first-order valence-electron chi connectivity index (χ1n) is 14.0. The molecule has 216 valence electrons. The van der Waals surface area contributed by atoms with E-state index in [4.69, 9.17) is 18.3 Å². The summed E-state index contributed by atoms with van der Waals surface area (Å²) in [5.41, 5.74) is 0. The van der Waals surface area contributed by atoms with Crippen LogP contribution in [0.2, 0.25) is 23.2 Å². The highest BCUT2D eigenvalue weighted by molar-refractivity contribution is 6.99. The van der Waals surface area contributed by atoms with Crippen molar-refractivity contribution in [3.8, 4) is 0 Å². The third kappa shape index (κ3) is 6.84. The Labute approximate surface area is 238 Å². The minimum absolute atomic E-state index is 0.0176. The monoisotopic (exact) mass is 570 g/mol. The number of rotatable bonds is 10. The molecule has 1 aliphatic rings. The lowest BCUT2D eigenvalue weighted by molar-refractivity contribution is -0.159. The van der Waals surface area contributed by atoms with Gasteiger partial charge in [0.15, 0.2) is 14.1 Å². The van der Waals surface area contributed by atoms with Crippen molar-refractivity contribution in [2.45, 2.75) is 109 Å². The molecular formula is C32H50O5Si2. The Morgan fingerprint density at radius 2 is 1.33 bits per heavy atom. The van der Waals surface area contributed by atoms with E-state index in [1.807, 2.05) is 26.0 Å². The van der Waals surface area contributed by atoms with Gasteiger partial charge >= 0.3 is 0 Å². The van der Waals surface area contributed by atoms with Crippen LogP contribution in [0.1, 0.15) is 55.4 Å². The summed E-state index contributed by atoms with van der Waals surface area (Å²) in [5.74, 6) is -0.869. The second kappa shape index (κ2) is 11.7. The van der Waals surface area contributed by atoms with Crippen molar-refractivity contribution in [2.24, 2.45) is 0 Å². The molecule has 0 aromatic heterocycles. The molecule has 39 heavy (non-hydrogen) atoms. The Morgan fingerprint density at radius 3 is 1.74 bits per heavy atom. The maximum Gasteiger partial charge on any atom is 0.261 e. The van der Waals surface area contributed by atoms with E-state index in [1.165, 1.54) is 10.4 Å². The zero-order valence-electron chi connectivity index (χ0n) is 25.7. The molecule has 1 saturated heterocycles. The van der Waals surface area contributed by atoms with E-state index in [-0.39, 0.29) is 16.7 Å². The van der Waals surface area contributed by atoms with Crippen LogP contribution >= 0.6 is 0 Å². The lowest BCUT2D eigenvalue weighted by Gasteiger charge is -2.44. The minimum atomic E-state index is -2.82. The average molecular weight is 571 g/mol. The number of aliphatic hydroxyl groups excluding tert-OH is 1. The molecule has 0 bridgehead atoms. The Bertz CT molecular complexity index is 1030. The average Bonchev–Trinajstić information content (AvgIpc) is 3.18. The first kappa shape index (κ1) is 31.9. The maximum atomic E-state index is 11.7. The normalized spacial score (nSPS) is 21.9. The van der Waals surface area contributed by atoms with Crippen molar-refractivity contribution in [1.29, 1.82) is 0 Å². The smallest absolute Gasteiger partial charge is 0.261 e. The molecule has 0 radical (unpaired) electrons. The van der Waals surface area contributed by atoms with Crippen molar-refractivity contribution < 1.29 is 23.4 Å². The number of aliphatic hydroxyl groups is 1. The molecule has 0 unspecified atom stereocenters. The first-order chi connectivity index (χ1) is 18.0. The summed E-state index contributed by atoms with van der Waals surface area (Å²) in [6, 6.07) is 20.9. The molecule has 1 N–H and O–H groups in total. The fourth-order valence-corrected chi connectivity index (χ4v) is 11.0. The first-order valence-corrected chi connectivity index (χ1v) is 18.9. The lowest BCUT2D eigenvalue weighted by Crippen LogP contribution is -2.67. The van der Waals surface area contributed by atoms with Crippen molar-refractivity contribution in [1.82, 2.24) is 0 Å². The van der Waals surface area contributed by atoms with Crippen LogP contribution in [0.15, 0.2) is 73.3 Å². The molecule has 2 aromatic carbocycles. The van der Waals surface area contributed by atoms with Gasteiger partial charge in [0.25, 0.3) is 8.32 Å². The molecular weight excluding hydrogens is 521 g/mol. The zero-order valence-corrected chi connectivity index (χ0v) is 27.7. The number of hydrogen-bond acceptors (Lipinski definition) is 5. The van der Waals surface area contributed by atoms with Crippen LogP contribution in [-0.4, -0.2) is 58.6 Å². The van der Waals surface area contributed by atoms with Gasteiger partial charge in [0.05, 0.1) is 12.7 Å². The number of ether oxygens (including phenoxy) is 2. The van der Waals surface area contributed by atoms with E-state index < -0.39 is 46.8 Å². The molecule has 4 atom stereocenters. The van der Waals surface area contributed by atoms with E-state index >= 15 is 0 Å². The topological polar surface area (TPSA) is 57.2 Å². The van der Waals surface area contributed by atoms with Crippen molar-refractivity contribution in [3.63, 3.8) is 0 Å². The molecule has 0 amide bonds. The molecule has 0 aliphatic carbocycles. The summed E-state index contributed by atoms with van der Waals surface area (Å²) in [4.78, 5) is 0. The third-order valence-electron chi connectivity index (χ3n) is 8.22. The van der Waals surface area contributed by atoms with E-state index in [1.54, 1.807) is 6.08 Å². The van der Waals surface area contributed by atoms with Gasteiger partial charge in [-0.1, -0.05) is 108 Å². The molecule has 1 aliphatic heterocycles. The van der Waals surface area contributed by atoms with Gasteiger partial charge in [-0.15, -0.1) is 6.58 Å². The minimum Gasteiger partial charge on any atom is -0.408 e. The van der Waals surface area contributed by atoms with Gasteiger partial charge in [-0.25, -0.2) is 0 Å². The molecule has 1 fully saturated rings. The summed E-state index contributed by atoms with van der Waals surface area (Å²) < 4.78 is 26.4. The van der Waals surface area contributed by atoms with Crippen molar-refractivity contribution >= 4 is 27.0 Å².